The third-order valence-corrected chi connectivity index (χ3v) is 5.17. The van der Waals surface area contributed by atoms with Gasteiger partial charge < -0.3 is 10.2 Å². The van der Waals surface area contributed by atoms with Crippen LogP contribution in [-0.2, 0) is 0 Å². The highest BCUT2D eigenvalue weighted by Gasteiger charge is 2.20. The zero-order valence-corrected chi connectivity index (χ0v) is 12.4. The second-order valence-corrected chi connectivity index (χ2v) is 10.8. The fraction of sp³-hybridized carbons (Fsp3) is 0.538. The Hall–Kier alpha value is -0.353. The number of hydrogen-bond acceptors (Lipinski definition) is 2. The Morgan fingerprint density at radius 1 is 1.12 bits per heavy atom. The lowest BCUT2D eigenvalue weighted by atomic mass is 10.0. The zero-order valence-electron chi connectivity index (χ0n) is 10.7. The molecule has 2 atom stereocenters. The lowest BCUT2D eigenvalue weighted by molar-refractivity contribution is 0.0170. The van der Waals surface area contributed by atoms with Gasteiger partial charge in [0, 0.05) is 5.88 Å². The number of benzene rings is 1. The summed E-state index contributed by atoms with van der Waals surface area (Å²) in [6, 6.07) is 7.90. The van der Waals surface area contributed by atoms with Crippen LogP contribution in [0.2, 0.25) is 19.6 Å². The molecule has 0 spiro atoms. The highest BCUT2D eigenvalue weighted by atomic mass is 35.5. The van der Waals surface area contributed by atoms with Crippen LogP contribution in [0.3, 0.4) is 0 Å². The lowest BCUT2D eigenvalue weighted by Gasteiger charge is -2.20. The summed E-state index contributed by atoms with van der Waals surface area (Å²) < 4.78 is 0. The Balaban J connectivity index is 2.80. The van der Waals surface area contributed by atoms with Crippen LogP contribution in [0.1, 0.15) is 18.1 Å². The van der Waals surface area contributed by atoms with Gasteiger partial charge in [-0.1, -0.05) is 49.1 Å². The van der Waals surface area contributed by atoms with Gasteiger partial charge >= 0.3 is 0 Å². The van der Waals surface area contributed by atoms with E-state index in [9.17, 15) is 10.2 Å². The van der Waals surface area contributed by atoms with Crippen LogP contribution < -0.4 is 5.19 Å². The number of aliphatic hydroxyl groups is 2. The molecule has 1 rings (SSSR count). The van der Waals surface area contributed by atoms with Crippen molar-refractivity contribution in [2.45, 2.75) is 38.3 Å². The molecule has 2 nitrogen and oxygen atoms in total. The van der Waals surface area contributed by atoms with Crippen molar-refractivity contribution in [3.05, 3.63) is 29.8 Å². The number of halogens is 1. The predicted molar refractivity (Wildman–Crippen MR) is 75.7 cm³/mol. The molecular formula is C13H21ClO2Si. The number of hydrogen-bond donors (Lipinski definition) is 2. The molecule has 1 aromatic rings. The van der Waals surface area contributed by atoms with E-state index in [2.05, 4.69) is 31.8 Å². The molecule has 0 saturated carbocycles. The van der Waals surface area contributed by atoms with Gasteiger partial charge in [0.05, 0.1) is 14.2 Å². The number of rotatable bonds is 5. The Labute approximate surface area is 109 Å². The second-order valence-electron chi connectivity index (χ2n) is 5.36. The van der Waals surface area contributed by atoms with Gasteiger partial charge in [0.2, 0.25) is 0 Å². The quantitative estimate of drug-likeness (QED) is 0.638. The van der Waals surface area contributed by atoms with E-state index in [1.807, 2.05) is 12.1 Å². The topological polar surface area (TPSA) is 40.5 Å². The standard InChI is InChI=1S/C13H21ClO2Si/c1-17(2,3)11-6-4-10(5-7-11)13(16)12(15)8-9-14/h4-7,12-13,15-16H,8-9H2,1-3H3. The lowest BCUT2D eigenvalue weighted by Crippen LogP contribution is -2.37. The molecule has 0 saturated heterocycles. The summed E-state index contributed by atoms with van der Waals surface area (Å²) in [5.41, 5.74) is 0.754. The average Bonchev–Trinajstić information content (AvgIpc) is 2.27. The monoisotopic (exact) mass is 272 g/mol. The van der Waals surface area contributed by atoms with Crippen molar-refractivity contribution in [3.8, 4) is 0 Å². The van der Waals surface area contributed by atoms with Crippen LogP contribution in [0.4, 0.5) is 0 Å². The fourth-order valence-electron chi connectivity index (χ4n) is 1.67. The first-order valence-electron chi connectivity index (χ1n) is 5.89. The van der Waals surface area contributed by atoms with Crippen LogP contribution in [0.5, 0.6) is 0 Å². The summed E-state index contributed by atoms with van der Waals surface area (Å²) in [4.78, 5) is 0. The van der Waals surface area contributed by atoms with E-state index in [0.29, 0.717) is 12.3 Å². The molecule has 2 N–H and O–H groups in total. The molecular weight excluding hydrogens is 252 g/mol. The molecule has 0 aliphatic rings. The highest BCUT2D eigenvalue weighted by Crippen LogP contribution is 2.19. The molecule has 4 heteroatoms. The third-order valence-electron chi connectivity index (χ3n) is 2.89. The van der Waals surface area contributed by atoms with E-state index in [-0.39, 0.29) is 0 Å². The number of alkyl halides is 1. The molecule has 0 aliphatic carbocycles. The highest BCUT2D eigenvalue weighted by molar-refractivity contribution is 6.88. The van der Waals surface area contributed by atoms with Gasteiger partial charge in [-0.25, -0.2) is 0 Å². The maximum atomic E-state index is 9.92. The first-order chi connectivity index (χ1) is 7.86. The minimum absolute atomic E-state index is 0.352. The van der Waals surface area contributed by atoms with E-state index < -0.39 is 20.3 Å². The molecule has 0 fully saturated rings. The van der Waals surface area contributed by atoms with Crippen LogP contribution >= 0.6 is 11.6 Å². The Kier molecular flexibility index (Phi) is 5.19. The molecule has 1 aromatic carbocycles. The summed E-state index contributed by atoms with van der Waals surface area (Å²) in [6.45, 7) is 6.84. The molecule has 0 radical (unpaired) electrons. The SMILES string of the molecule is C[Si](C)(C)c1ccc(C(O)C(O)CCCl)cc1. The van der Waals surface area contributed by atoms with E-state index in [0.717, 1.165) is 5.56 Å². The van der Waals surface area contributed by atoms with Crippen LogP contribution in [0.25, 0.3) is 0 Å². The average molecular weight is 273 g/mol. The number of aliphatic hydroxyl groups excluding tert-OH is 2. The molecule has 0 aliphatic heterocycles. The van der Waals surface area contributed by atoms with Gasteiger partial charge in [0.25, 0.3) is 0 Å². The largest absolute Gasteiger partial charge is 0.390 e. The van der Waals surface area contributed by atoms with Crippen molar-refractivity contribution in [1.82, 2.24) is 0 Å². The van der Waals surface area contributed by atoms with Gasteiger partial charge in [0.1, 0.15) is 6.10 Å². The molecule has 0 amide bonds. The third kappa shape index (κ3) is 4.10. The van der Waals surface area contributed by atoms with Crippen molar-refractivity contribution >= 4 is 24.9 Å². The van der Waals surface area contributed by atoms with Crippen molar-refractivity contribution in [2.24, 2.45) is 0 Å². The van der Waals surface area contributed by atoms with E-state index in [1.54, 1.807) is 0 Å². The first-order valence-corrected chi connectivity index (χ1v) is 9.92. The summed E-state index contributed by atoms with van der Waals surface area (Å²) in [7, 11) is -1.30. The molecule has 96 valence electrons. The van der Waals surface area contributed by atoms with E-state index in [1.165, 1.54) is 5.19 Å². The molecule has 0 heterocycles. The minimum atomic E-state index is -1.30. The molecule has 17 heavy (non-hydrogen) atoms. The van der Waals surface area contributed by atoms with Crippen molar-refractivity contribution in [3.63, 3.8) is 0 Å². The molecule has 0 aromatic heterocycles. The van der Waals surface area contributed by atoms with E-state index in [4.69, 9.17) is 11.6 Å². The summed E-state index contributed by atoms with van der Waals surface area (Å²) in [5, 5.41) is 20.9. The van der Waals surface area contributed by atoms with Crippen molar-refractivity contribution < 1.29 is 10.2 Å². The van der Waals surface area contributed by atoms with Crippen molar-refractivity contribution in [1.29, 1.82) is 0 Å². The van der Waals surface area contributed by atoms with Crippen molar-refractivity contribution in [2.75, 3.05) is 5.88 Å². The first kappa shape index (κ1) is 14.7. The Morgan fingerprint density at radius 3 is 2.06 bits per heavy atom. The Morgan fingerprint density at radius 2 is 1.65 bits per heavy atom. The summed E-state index contributed by atoms with van der Waals surface area (Å²) in [6.07, 6.45) is -1.23. The fourth-order valence-corrected chi connectivity index (χ4v) is 3.06. The summed E-state index contributed by atoms with van der Waals surface area (Å²) in [5.74, 6) is 0.352. The van der Waals surface area contributed by atoms with Gasteiger partial charge in [-0.3, -0.25) is 0 Å². The smallest absolute Gasteiger partial charge is 0.105 e. The van der Waals surface area contributed by atoms with Crippen LogP contribution in [0.15, 0.2) is 24.3 Å². The predicted octanol–water partition coefficient (Wildman–Crippen LogP) is 2.25. The van der Waals surface area contributed by atoms with Crippen LogP contribution in [-0.4, -0.2) is 30.3 Å². The van der Waals surface area contributed by atoms with Gasteiger partial charge in [-0.15, -0.1) is 11.6 Å². The zero-order chi connectivity index (χ0) is 13.1. The van der Waals surface area contributed by atoms with E-state index >= 15 is 0 Å². The van der Waals surface area contributed by atoms with Gasteiger partial charge in [0.15, 0.2) is 0 Å². The maximum absolute atomic E-state index is 9.92. The Bertz CT molecular complexity index is 345. The molecule has 0 bridgehead atoms. The van der Waals surface area contributed by atoms with Gasteiger partial charge in [-0.05, 0) is 12.0 Å². The normalized spacial score (nSPS) is 15.6. The molecule has 2 unspecified atom stereocenters. The van der Waals surface area contributed by atoms with Gasteiger partial charge in [-0.2, -0.15) is 0 Å². The maximum Gasteiger partial charge on any atom is 0.105 e. The second kappa shape index (κ2) is 6.00. The summed E-state index contributed by atoms with van der Waals surface area (Å²) >= 11 is 5.55. The van der Waals surface area contributed by atoms with Crippen LogP contribution in [0, 0.1) is 0 Å². The minimum Gasteiger partial charge on any atom is -0.390 e.